The molecule has 2 aromatic rings. The normalized spacial score (nSPS) is 13.4. The topological polar surface area (TPSA) is 247 Å². The Morgan fingerprint density at radius 2 is 1.70 bits per heavy atom. The van der Waals surface area contributed by atoms with Gasteiger partial charge in [0, 0.05) is 48.9 Å². The first-order valence-electron chi connectivity index (χ1n) is 13.0. The summed E-state index contributed by atoms with van der Waals surface area (Å²) < 4.78 is 29.5. The molecule has 43 heavy (non-hydrogen) atoms. The van der Waals surface area contributed by atoms with E-state index in [0.717, 1.165) is 5.69 Å². The first-order chi connectivity index (χ1) is 20.2. The number of fused-ring (bicyclic) bond motifs is 1. The van der Waals surface area contributed by atoms with Crippen molar-refractivity contribution < 1.29 is 37.8 Å². The molecular formula is C26H36ClN7O8S. The SMILES string of the molecule is CN(C)c1cccc2c(S(=O)(=O)N[C@H](C(=O)NCC(=O)N[C@@H](CCCN=C(N)N)C(=O)O)C(CCl)CC(=O)O)cccc12. The van der Waals surface area contributed by atoms with Crippen LogP contribution in [0.2, 0.25) is 0 Å². The molecule has 1 unspecified atom stereocenters. The maximum absolute atomic E-state index is 13.6. The highest BCUT2D eigenvalue weighted by atomic mass is 35.5. The number of alkyl halides is 1. The van der Waals surface area contributed by atoms with Crippen LogP contribution in [0.1, 0.15) is 19.3 Å². The minimum absolute atomic E-state index is 0.0122. The number of anilines is 1. The molecule has 17 heteroatoms. The zero-order chi connectivity index (χ0) is 32.3. The third kappa shape index (κ3) is 10.3. The maximum Gasteiger partial charge on any atom is 0.326 e. The summed E-state index contributed by atoms with van der Waals surface area (Å²) in [5.41, 5.74) is 11.2. The minimum Gasteiger partial charge on any atom is -0.481 e. The second-order valence-corrected chi connectivity index (χ2v) is 11.8. The van der Waals surface area contributed by atoms with Gasteiger partial charge in [-0.3, -0.25) is 19.4 Å². The summed E-state index contributed by atoms with van der Waals surface area (Å²) in [7, 11) is -0.843. The van der Waals surface area contributed by atoms with Crippen LogP contribution in [0.15, 0.2) is 46.3 Å². The molecule has 0 saturated heterocycles. The van der Waals surface area contributed by atoms with E-state index >= 15 is 0 Å². The van der Waals surface area contributed by atoms with E-state index in [1.807, 2.05) is 11.0 Å². The molecule has 236 valence electrons. The van der Waals surface area contributed by atoms with Gasteiger partial charge >= 0.3 is 11.9 Å². The number of nitrogens with two attached hydrogens (primary N) is 2. The number of halogens is 1. The average Bonchev–Trinajstić information content (AvgIpc) is 2.93. The number of guanidine groups is 1. The van der Waals surface area contributed by atoms with Gasteiger partial charge in [0.1, 0.15) is 12.1 Å². The standard InChI is InChI=1S/C26H36ClN7O8S/c1-34(2)19-9-3-7-17-16(19)6-4-10-20(17)43(41,42)33-23(15(13-27)12-22(36)37)24(38)31-14-21(35)32-18(25(39)40)8-5-11-30-26(28)29/h3-4,6-7,9-10,15,18,23,33H,5,8,11-14H2,1-2H3,(H,31,38)(H,32,35)(H,36,37)(H,39,40)(H4,28,29,30)/t15?,18-,23-/m0/s1. The van der Waals surface area contributed by atoms with Crippen molar-refractivity contribution in [3.05, 3.63) is 36.4 Å². The monoisotopic (exact) mass is 641 g/mol. The van der Waals surface area contributed by atoms with Crippen molar-refractivity contribution in [3.63, 3.8) is 0 Å². The molecule has 2 amide bonds. The van der Waals surface area contributed by atoms with Crippen molar-refractivity contribution in [2.75, 3.05) is 38.0 Å². The number of aliphatic imine (C=N–C) groups is 1. The molecule has 0 bridgehead atoms. The van der Waals surface area contributed by atoms with Crippen LogP contribution >= 0.6 is 11.6 Å². The first-order valence-corrected chi connectivity index (χ1v) is 15.0. The molecule has 2 aromatic carbocycles. The van der Waals surface area contributed by atoms with Crippen molar-refractivity contribution in [2.24, 2.45) is 22.4 Å². The van der Waals surface area contributed by atoms with Gasteiger partial charge in [-0.05, 0) is 25.0 Å². The zero-order valence-corrected chi connectivity index (χ0v) is 25.2. The smallest absolute Gasteiger partial charge is 0.326 e. The van der Waals surface area contributed by atoms with Gasteiger partial charge in [-0.15, -0.1) is 11.6 Å². The first kappa shape index (κ1) is 35.0. The maximum atomic E-state index is 13.6. The Morgan fingerprint density at radius 3 is 2.28 bits per heavy atom. The Balaban J connectivity index is 2.28. The fourth-order valence-electron chi connectivity index (χ4n) is 4.25. The molecule has 0 saturated carbocycles. The molecule has 9 N–H and O–H groups in total. The van der Waals surface area contributed by atoms with Gasteiger partial charge in [-0.2, -0.15) is 4.72 Å². The van der Waals surface area contributed by atoms with E-state index in [9.17, 15) is 37.8 Å². The number of carbonyl (C=O) groups excluding carboxylic acids is 2. The van der Waals surface area contributed by atoms with E-state index < -0.39 is 70.6 Å². The number of nitrogens with one attached hydrogen (secondary N) is 3. The zero-order valence-electron chi connectivity index (χ0n) is 23.6. The number of carboxylic acid groups (broad SMARTS) is 2. The van der Waals surface area contributed by atoms with Crippen LogP contribution in [0.4, 0.5) is 5.69 Å². The Labute approximate surface area is 253 Å². The van der Waals surface area contributed by atoms with Crippen LogP contribution in [0.3, 0.4) is 0 Å². The number of rotatable bonds is 17. The van der Waals surface area contributed by atoms with Crippen molar-refractivity contribution in [2.45, 2.75) is 36.2 Å². The fourth-order valence-corrected chi connectivity index (χ4v) is 6.03. The molecule has 0 fully saturated rings. The summed E-state index contributed by atoms with van der Waals surface area (Å²) >= 11 is 5.97. The number of amides is 2. The molecule has 0 heterocycles. The van der Waals surface area contributed by atoms with Gasteiger partial charge < -0.3 is 37.2 Å². The van der Waals surface area contributed by atoms with Gasteiger partial charge in [-0.1, -0.05) is 24.3 Å². The fraction of sp³-hybridized carbons (Fsp3) is 0.423. The minimum atomic E-state index is -4.44. The Bertz CT molecular complexity index is 1460. The van der Waals surface area contributed by atoms with Gasteiger partial charge in [0.05, 0.1) is 17.9 Å². The number of hydrogen-bond donors (Lipinski definition) is 7. The van der Waals surface area contributed by atoms with Crippen LogP contribution in [0.5, 0.6) is 0 Å². The van der Waals surface area contributed by atoms with E-state index in [-0.39, 0.29) is 30.2 Å². The molecule has 2 rings (SSSR count). The lowest BCUT2D eigenvalue weighted by Gasteiger charge is -2.25. The van der Waals surface area contributed by atoms with E-state index in [1.54, 1.807) is 32.3 Å². The molecular weight excluding hydrogens is 606 g/mol. The van der Waals surface area contributed by atoms with Crippen LogP contribution in [0, 0.1) is 5.92 Å². The van der Waals surface area contributed by atoms with Crippen LogP contribution in [-0.2, 0) is 29.2 Å². The summed E-state index contributed by atoms with van der Waals surface area (Å²) in [6.45, 7) is -0.589. The lowest BCUT2D eigenvalue weighted by molar-refractivity contribution is -0.142. The predicted molar refractivity (Wildman–Crippen MR) is 161 cm³/mol. The Morgan fingerprint density at radius 1 is 1.05 bits per heavy atom. The number of nitrogens with zero attached hydrogens (tertiary/aromatic N) is 2. The summed E-state index contributed by atoms with van der Waals surface area (Å²) in [6.07, 6.45) is -0.433. The quantitative estimate of drug-likeness (QED) is 0.0507. The number of sulfonamides is 1. The van der Waals surface area contributed by atoms with Gasteiger partial charge in [0.15, 0.2) is 5.96 Å². The number of hydrogen-bond acceptors (Lipinski definition) is 8. The second kappa shape index (κ2) is 15.9. The van der Waals surface area contributed by atoms with E-state index in [2.05, 4.69) is 20.3 Å². The lowest BCUT2D eigenvalue weighted by Crippen LogP contribution is -2.54. The predicted octanol–water partition coefficient (Wildman–Crippen LogP) is -0.378. The molecule has 3 atom stereocenters. The number of carbonyl (C=O) groups is 4. The molecule has 0 aliphatic heterocycles. The van der Waals surface area contributed by atoms with Gasteiger partial charge in [0.2, 0.25) is 21.8 Å². The molecule has 0 aliphatic carbocycles. The molecule has 0 aromatic heterocycles. The van der Waals surface area contributed by atoms with Gasteiger partial charge in [-0.25, -0.2) is 13.2 Å². The molecule has 0 aliphatic rings. The third-order valence-corrected chi connectivity index (χ3v) is 8.20. The van der Waals surface area contributed by atoms with Crippen LogP contribution in [0.25, 0.3) is 10.8 Å². The Hall–Kier alpha value is -4.15. The molecule has 15 nitrogen and oxygen atoms in total. The van der Waals surface area contributed by atoms with E-state index in [1.165, 1.54) is 12.1 Å². The van der Waals surface area contributed by atoms with Crippen molar-refractivity contribution in [3.8, 4) is 0 Å². The highest BCUT2D eigenvalue weighted by Gasteiger charge is 2.35. The largest absolute Gasteiger partial charge is 0.481 e. The van der Waals surface area contributed by atoms with E-state index in [4.69, 9.17) is 23.1 Å². The van der Waals surface area contributed by atoms with Crippen LogP contribution in [-0.4, -0.2) is 93.5 Å². The van der Waals surface area contributed by atoms with Crippen LogP contribution < -0.4 is 31.7 Å². The number of aliphatic carboxylic acids is 2. The summed E-state index contributed by atoms with van der Waals surface area (Å²) in [6, 6.07) is 6.71. The number of carboxylic acids is 2. The van der Waals surface area contributed by atoms with Gasteiger partial charge in [0.25, 0.3) is 0 Å². The Kier molecular flexibility index (Phi) is 13.0. The van der Waals surface area contributed by atoms with Crippen molar-refractivity contribution in [1.82, 2.24) is 15.4 Å². The second-order valence-electron chi connectivity index (χ2n) is 9.76. The van der Waals surface area contributed by atoms with E-state index in [0.29, 0.717) is 10.8 Å². The molecule has 0 radical (unpaired) electrons. The highest BCUT2D eigenvalue weighted by Crippen LogP contribution is 2.30. The summed E-state index contributed by atoms with van der Waals surface area (Å²) in [4.78, 5) is 54.1. The average molecular weight is 642 g/mol. The molecule has 0 spiro atoms. The van der Waals surface area contributed by atoms with Crippen molar-refractivity contribution in [1.29, 1.82) is 0 Å². The lowest BCUT2D eigenvalue weighted by atomic mass is 9.98. The summed E-state index contributed by atoms with van der Waals surface area (Å²) in [5.74, 6) is -6.34. The third-order valence-electron chi connectivity index (χ3n) is 6.30. The highest BCUT2D eigenvalue weighted by molar-refractivity contribution is 7.89. The summed E-state index contributed by atoms with van der Waals surface area (Å²) in [5, 5.41) is 24.3. The number of benzene rings is 2. The van der Waals surface area contributed by atoms with Crippen molar-refractivity contribution >= 4 is 67.8 Å².